The molecule has 1 aromatic heterocycles. The van der Waals surface area contributed by atoms with Gasteiger partial charge in [-0.1, -0.05) is 30.3 Å². The lowest BCUT2D eigenvalue weighted by Gasteiger charge is -2.24. The van der Waals surface area contributed by atoms with E-state index in [9.17, 15) is 9.18 Å². The minimum Gasteiger partial charge on any atom is -0.347 e. The molecule has 0 saturated heterocycles. The van der Waals surface area contributed by atoms with Crippen LogP contribution in [-0.4, -0.2) is 47.5 Å². The van der Waals surface area contributed by atoms with Crippen LogP contribution in [0, 0.1) is 5.82 Å². The Hall–Kier alpha value is -2.66. The summed E-state index contributed by atoms with van der Waals surface area (Å²) in [7, 11) is 3.99. The summed E-state index contributed by atoms with van der Waals surface area (Å²) in [5.41, 5.74) is 3.15. The first-order valence-electron chi connectivity index (χ1n) is 9.71. The van der Waals surface area contributed by atoms with E-state index in [4.69, 9.17) is 0 Å². The molecule has 148 valence electrons. The predicted molar refractivity (Wildman–Crippen MR) is 112 cm³/mol. The van der Waals surface area contributed by atoms with Crippen LogP contribution in [-0.2, 0) is 24.3 Å². The Bertz CT molecular complexity index is 931. The molecule has 0 bridgehead atoms. The molecule has 4 nitrogen and oxygen atoms in total. The van der Waals surface area contributed by atoms with E-state index in [1.54, 1.807) is 12.1 Å². The van der Waals surface area contributed by atoms with E-state index in [-0.39, 0.29) is 11.7 Å². The van der Waals surface area contributed by atoms with Crippen molar-refractivity contribution in [3.63, 3.8) is 0 Å². The van der Waals surface area contributed by atoms with Gasteiger partial charge in [0.15, 0.2) is 0 Å². The third-order valence-electron chi connectivity index (χ3n) is 5.01. The molecule has 1 amide bonds. The summed E-state index contributed by atoms with van der Waals surface area (Å²) in [5, 5.41) is 1.13. The van der Waals surface area contributed by atoms with E-state index < -0.39 is 0 Å². The number of benzene rings is 2. The predicted octanol–water partition coefficient (Wildman–Crippen LogP) is 3.93. The quantitative estimate of drug-likeness (QED) is 0.591. The maximum Gasteiger partial charge on any atom is 0.227 e. The summed E-state index contributed by atoms with van der Waals surface area (Å²) in [4.78, 5) is 17.1. The van der Waals surface area contributed by atoms with Crippen LogP contribution in [0.2, 0.25) is 0 Å². The smallest absolute Gasteiger partial charge is 0.227 e. The largest absolute Gasteiger partial charge is 0.347 e. The SMILES string of the molecule is CCn1cc(CC(=O)N(CCN(C)C)Cc2ccc(F)cc2)c2ccccc21. The number of hydrogen-bond donors (Lipinski definition) is 0. The molecule has 0 aliphatic heterocycles. The van der Waals surface area contributed by atoms with Gasteiger partial charge in [0.2, 0.25) is 5.91 Å². The molecular formula is C23H28FN3O. The van der Waals surface area contributed by atoms with Gasteiger partial charge >= 0.3 is 0 Å². The monoisotopic (exact) mass is 381 g/mol. The van der Waals surface area contributed by atoms with Crippen molar-refractivity contribution in [3.05, 3.63) is 71.7 Å². The summed E-state index contributed by atoms with van der Waals surface area (Å²) in [6.07, 6.45) is 2.45. The van der Waals surface area contributed by atoms with Gasteiger partial charge in [0.05, 0.1) is 6.42 Å². The zero-order valence-electron chi connectivity index (χ0n) is 16.9. The number of likely N-dealkylation sites (N-methyl/N-ethyl adjacent to an activating group) is 1. The Balaban J connectivity index is 1.81. The lowest BCUT2D eigenvalue weighted by molar-refractivity contribution is -0.131. The van der Waals surface area contributed by atoms with Crippen molar-refractivity contribution in [2.24, 2.45) is 0 Å². The van der Waals surface area contributed by atoms with Crippen molar-refractivity contribution >= 4 is 16.8 Å². The second-order valence-corrected chi connectivity index (χ2v) is 7.38. The van der Waals surface area contributed by atoms with Crippen molar-refractivity contribution < 1.29 is 9.18 Å². The minimum absolute atomic E-state index is 0.0881. The van der Waals surface area contributed by atoms with E-state index in [0.717, 1.165) is 35.1 Å². The van der Waals surface area contributed by atoms with E-state index in [0.29, 0.717) is 19.5 Å². The van der Waals surface area contributed by atoms with Crippen molar-refractivity contribution in [2.45, 2.75) is 26.4 Å². The number of rotatable bonds is 8. The maximum absolute atomic E-state index is 13.2. The molecule has 0 atom stereocenters. The molecule has 0 aliphatic rings. The molecule has 5 heteroatoms. The third kappa shape index (κ3) is 4.78. The van der Waals surface area contributed by atoms with Gasteiger partial charge in [-0.15, -0.1) is 0 Å². The van der Waals surface area contributed by atoms with Crippen molar-refractivity contribution in [3.8, 4) is 0 Å². The number of fused-ring (bicyclic) bond motifs is 1. The Morgan fingerprint density at radius 2 is 1.75 bits per heavy atom. The molecule has 0 N–H and O–H groups in total. The Kier molecular flexibility index (Phi) is 6.47. The minimum atomic E-state index is -0.262. The van der Waals surface area contributed by atoms with Gasteiger partial charge in [-0.05, 0) is 50.3 Å². The van der Waals surface area contributed by atoms with E-state index in [2.05, 4.69) is 34.7 Å². The number of aryl methyl sites for hydroxylation is 1. The van der Waals surface area contributed by atoms with Gasteiger partial charge in [0.25, 0.3) is 0 Å². The summed E-state index contributed by atoms with van der Waals surface area (Å²) < 4.78 is 15.4. The highest BCUT2D eigenvalue weighted by molar-refractivity contribution is 5.89. The number of carbonyl (C=O) groups is 1. The van der Waals surface area contributed by atoms with Crippen LogP contribution < -0.4 is 0 Å². The second kappa shape index (κ2) is 9.02. The van der Waals surface area contributed by atoms with Crippen LogP contribution in [0.3, 0.4) is 0 Å². The van der Waals surface area contributed by atoms with Gasteiger partial charge in [-0.3, -0.25) is 4.79 Å². The third-order valence-corrected chi connectivity index (χ3v) is 5.01. The molecule has 0 saturated carbocycles. The van der Waals surface area contributed by atoms with Crippen LogP contribution in [0.25, 0.3) is 10.9 Å². The lowest BCUT2D eigenvalue weighted by Crippen LogP contribution is -2.37. The van der Waals surface area contributed by atoms with Gasteiger partial charge in [0, 0.05) is 43.3 Å². The highest BCUT2D eigenvalue weighted by Crippen LogP contribution is 2.22. The van der Waals surface area contributed by atoms with Crippen LogP contribution in [0.1, 0.15) is 18.1 Å². The lowest BCUT2D eigenvalue weighted by atomic mass is 10.1. The zero-order chi connectivity index (χ0) is 20.1. The molecule has 3 aromatic rings. The van der Waals surface area contributed by atoms with Crippen molar-refractivity contribution in [2.75, 3.05) is 27.2 Å². The molecular weight excluding hydrogens is 353 g/mol. The number of aromatic nitrogens is 1. The number of carbonyl (C=O) groups excluding carboxylic acids is 1. The summed E-state index contributed by atoms with van der Waals surface area (Å²) in [5.74, 6) is -0.174. The summed E-state index contributed by atoms with van der Waals surface area (Å²) in [6, 6.07) is 14.6. The standard InChI is InChI=1S/C23H28FN3O/c1-4-26-17-19(21-7-5-6-8-22(21)26)15-23(28)27(14-13-25(2)3)16-18-9-11-20(24)12-10-18/h5-12,17H,4,13-16H2,1-3H3. The van der Waals surface area contributed by atoms with E-state index >= 15 is 0 Å². The summed E-state index contributed by atoms with van der Waals surface area (Å²) >= 11 is 0. The van der Waals surface area contributed by atoms with Crippen LogP contribution in [0.15, 0.2) is 54.7 Å². The molecule has 0 unspecified atom stereocenters. The fourth-order valence-corrected chi connectivity index (χ4v) is 3.42. The number of amides is 1. The normalized spacial score (nSPS) is 11.3. The first kappa shape index (κ1) is 20.1. The zero-order valence-corrected chi connectivity index (χ0v) is 16.9. The molecule has 0 radical (unpaired) electrons. The average Bonchev–Trinajstić information content (AvgIpc) is 3.04. The molecule has 3 rings (SSSR count). The van der Waals surface area contributed by atoms with Gasteiger partial charge in [0.1, 0.15) is 5.82 Å². The number of hydrogen-bond acceptors (Lipinski definition) is 2. The van der Waals surface area contributed by atoms with Crippen LogP contribution in [0.4, 0.5) is 4.39 Å². The van der Waals surface area contributed by atoms with Gasteiger partial charge in [-0.2, -0.15) is 0 Å². The number of para-hydroxylation sites is 1. The highest BCUT2D eigenvalue weighted by atomic mass is 19.1. The molecule has 0 fully saturated rings. The molecule has 0 spiro atoms. The Morgan fingerprint density at radius 1 is 1.04 bits per heavy atom. The fourth-order valence-electron chi connectivity index (χ4n) is 3.42. The summed E-state index contributed by atoms with van der Waals surface area (Å²) in [6.45, 7) is 4.88. The van der Waals surface area contributed by atoms with E-state index in [1.165, 1.54) is 12.1 Å². The molecule has 0 aliphatic carbocycles. The topological polar surface area (TPSA) is 28.5 Å². The first-order valence-corrected chi connectivity index (χ1v) is 9.71. The van der Waals surface area contributed by atoms with Crippen molar-refractivity contribution in [1.29, 1.82) is 0 Å². The fraction of sp³-hybridized carbons (Fsp3) is 0.348. The van der Waals surface area contributed by atoms with Crippen LogP contribution >= 0.6 is 0 Å². The first-order chi connectivity index (χ1) is 13.5. The Morgan fingerprint density at radius 3 is 2.43 bits per heavy atom. The van der Waals surface area contributed by atoms with Gasteiger partial charge in [-0.25, -0.2) is 4.39 Å². The second-order valence-electron chi connectivity index (χ2n) is 7.38. The molecule has 1 heterocycles. The maximum atomic E-state index is 13.2. The van der Waals surface area contributed by atoms with Crippen LogP contribution in [0.5, 0.6) is 0 Å². The molecule has 2 aromatic carbocycles. The van der Waals surface area contributed by atoms with Crippen molar-refractivity contribution in [1.82, 2.24) is 14.4 Å². The highest BCUT2D eigenvalue weighted by Gasteiger charge is 2.18. The number of halogens is 1. The van der Waals surface area contributed by atoms with Gasteiger partial charge < -0.3 is 14.4 Å². The number of nitrogens with zero attached hydrogens (tertiary/aromatic N) is 3. The Labute approximate surface area is 166 Å². The van der Waals surface area contributed by atoms with E-state index in [1.807, 2.05) is 31.1 Å². The molecule has 28 heavy (non-hydrogen) atoms. The average molecular weight is 381 g/mol.